The fraction of sp³-hybridized carbons (Fsp3) is 0.455. The van der Waals surface area contributed by atoms with Crippen molar-refractivity contribution in [2.45, 2.75) is 31.3 Å². The van der Waals surface area contributed by atoms with E-state index >= 15 is 0 Å². The van der Waals surface area contributed by atoms with Crippen LogP contribution < -0.4 is 32.3 Å². The number of phenolic OH excluding ortho intramolecular Hbond substituents is 1. The topological polar surface area (TPSA) is 175 Å². The molecule has 11 heteroatoms. The van der Waals surface area contributed by atoms with Crippen LogP contribution in [-0.2, 0) is 25.6 Å². The number of nitrogens with one attached hydrogen (secondary N) is 5. The summed E-state index contributed by atoms with van der Waals surface area (Å²) in [4.78, 5) is 47.7. The molecule has 8 N–H and O–H groups in total. The number of aldehydes is 1. The third kappa shape index (κ3) is 11.1. The lowest BCUT2D eigenvalue weighted by Crippen LogP contribution is -2.54. The van der Waals surface area contributed by atoms with Crippen molar-refractivity contribution in [3.63, 3.8) is 0 Å². The predicted molar refractivity (Wildman–Crippen MR) is 124 cm³/mol. The molecule has 0 aliphatic rings. The van der Waals surface area contributed by atoms with Crippen LogP contribution in [0.3, 0.4) is 0 Å². The monoisotopic (exact) mass is 462 g/mol. The molecule has 0 saturated heterocycles. The molecule has 1 aromatic carbocycles. The minimum atomic E-state index is -0.901. The summed E-state index contributed by atoms with van der Waals surface area (Å²) in [5, 5.41) is 23.0. The van der Waals surface area contributed by atoms with Gasteiger partial charge in [0.25, 0.3) is 0 Å². The molecule has 0 fully saturated rings. The first-order valence-corrected chi connectivity index (χ1v) is 10.7. The summed E-state index contributed by atoms with van der Waals surface area (Å²) in [6.45, 7) is 4.19. The number of amides is 3. The van der Waals surface area contributed by atoms with Crippen LogP contribution in [0.2, 0.25) is 0 Å². The maximum Gasteiger partial charge on any atom is 0.243 e. The molecule has 0 aliphatic carbocycles. The average molecular weight is 463 g/mol. The molecule has 2 atom stereocenters. The molecule has 0 heterocycles. The van der Waals surface area contributed by atoms with Gasteiger partial charge in [0, 0.05) is 18.7 Å². The molecule has 182 valence electrons. The zero-order chi connectivity index (χ0) is 24.6. The first-order chi connectivity index (χ1) is 15.8. The van der Waals surface area contributed by atoms with Crippen LogP contribution in [0.5, 0.6) is 5.75 Å². The van der Waals surface area contributed by atoms with Gasteiger partial charge in [0.1, 0.15) is 24.1 Å². The largest absolute Gasteiger partial charge is 0.508 e. The van der Waals surface area contributed by atoms with Gasteiger partial charge < -0.3 is 42.2 Å². The smallest absolute Gasteiger partial charge is 0.243 e. The molecule has 0 bridgehead atoms. The van der Waals surface area contributed by atoms with E-state index < -0.39 is 29.8 Å². The maximum atomic E-state index is 13.1. The molecule has 1 aromatic rings. The fourth-order valence-corrected chi connectivity index (χ4v) is 2.96. The minimum Gasteiger partial charge on any atom is -0.508 e. The number of likely N-dealkylation sites (N-methyl/N-ethyl adjacent to an activating group) is 1. The van der Waals surface area contributed by atoms with E-state index in [2.05, 4.69) is 33.2 Å². The van der Waals surface area contributed by atoms with Gasteiger partial charge in [-0.3, -0.25) is 14.4 Å². The molecule has 3 amide bonds. The van der Waals surface area contributed by atoms with E-state index in [1.54, 1.807) is 19.2 Å². The summed E-state index contributed by atoms with van der Waals surface area (Å²) >= 11 is 0. The van der Waals surface area contributed by atoms with Crippen LogP contribution in [0, 0.1) is 0 Å². The third-order valence-corrected chi connectivity index (χ3v) is 4.60. The highest BCUT2D eigenvalue weighted by Gasteiger charge is 2.26. The Morgan fingerprint density at radius 3 is 2.36 bits per heavy atom. The van der Waals surface area contributed by atoms with Gasteiger partial charge >= 0.3 is 0 Å². The number of carbonyl (C=O) groups excluding carboxylic acids is 4. The number of aromatic hydroxyl groups is 1. The normalized spacial score (nSPS) is 12.2. The lowest BCUT2D eigenvalue weighted by molar-refractivity contribution is -0.131. The summed E-state index contributed by atoms with van der Waals surface area (Å²) in [6, 6.07) is 4.82. The number of carbonyl (C=O) groups is 4. The standard InChI is InChI=1S/C22H34N6O5/c1-15(13-24-2)27-19(12-16-5-7-17(30)8-6-16)22(33)28-18(4-3-9-23)21(32)26-14-20(31)25-10-11-29/h5-8,11,18-19,24,27,30H,1,3-4,9-10,12-14,23H2,2H3,(H,25,31)(H,26,32)(H,28,33)/t18-,19?/m0/s1. The van der Waals surface area contributed by atoms with Crippen molar-refractivity contribution >= 4 is 24.0 Å². The second kappa shape index (κ2) is 15.4. The molecule has 1 rings (SSSR count). The zero-order valence-electron chi connectivity index (χ0n) is 18.9. The second-order valence-corrected chi connectivity index (χ2v) is 7.38. The Bertz CT molecular complexity index is 799. The van der Waals surface area contributed by atoms with Crippen molar-refractivity contribution in [1.82, 2.24) is 26.6 Å². The summed E-state index contributed by atoms with van der Waals surface area (Å²) in [6.07, 6.45) is 1.59. The van der Waals surface area contributed by atoms with Crippen LogP contribution in [0.1, 0.15) is 18.4 Å². The fourth-order valence-electron chi connectivity index (χ4n) is 2.96. The molecule has 0 saturated carbocycles. The molecule has 1 unspecified atom stereocenters. The van der Waals surface area contributed by atoms with Crippen LogP contribution in [0.25, 0.3) is 0 Å². The van der Waals surface area contributed by atoms with Crippen molar-refractivity contribution in [3.05, 3.63) is 42.1 Å². The van der Waals surface area contributed by atoms with Gasteiger partial charge in [-0.1, -0.05) is 18.7 Å². The quantitative estimate of drug-likeness (QED) is 0.142. The van der Waals surface area contributed by atoms with Gasteiger partial charge in [-0.05, 0) is 44.1 Å². The molecule has 33 heavy (non-hydrogen) atoms. The Kier molecular flexibility index (Phi) is 12.9. The van der Waals surface area contributed by atoms with Crippen LogP contribution in [0.4, 0.5) is 0 Å². The Hall–Kier alpha value is -3.44. The maximum absolute atomic E-state index is 13.1. The van der Waals surface area contributed by atoms with Crippen molar-refractivity contribution in [3.8, 4) is 5.75 Å². The van der Waals surface area contributed by atoms with Crippen LogP contribution in [-0.4, -0.2) is 74.4 Å². The Balaban J connectivity index is 2.89. The lowest BCUT2D eigenvalue weighted by atomic mass is 10.0. The third-order valence-electron chi connectivity index (χ3n) is 4.60. The first-order valence-electron chi connectivity index (χ1n) is 10.7. The van der Waals surface area contributed by atoms with Crippen molar-refractivity contribution in [2.75, 3.05) is 33.2 Å². The van der Waals surface area contributed by atoms with Crippen molar-refractivity contribution < 1.29 is 24.3 Å². The van der Waals surface area contributed by atoms with Gasteiger partial charge in [0.2, 0.25) is 17.7 Å². The molecule has 0 aromatic heterocycles. The van der Waals surface area contributed by atoms with E-state index in [1.807, 2.05) is 0 Å². The number of hydrogen-bond donors (Lipinski definition) is 7. The molecular formula is C22H34N6O5. The number of benzene rings is 1. The van der Waals surface area contributed by atoms with Gasteiger partial charge in [-0.25, -0.2) is 0 Å². The summed E-state index contributed by atoms with van der Waals surface area (Å²) < 4.78 is 0. The van der Waals surface area contributed by atoms with E-state index in [9.17, 15) is 24.3 Å². The zero-order valence-corrected chi connectivity index (χ0v) is 18.9. The summed E-state index contributed by atoms with van der Waals surface area (Å²) in [5.74, 6) is -1.36. The molecule has 0 aliphatic heterocycles. The Morgan fingerprint density at radius 2 is 1.76 bits per heavy atom. The average Bonchev–Trinajstić information content (AvgIpc) is 2.79. The van der Waals surface area contributed by atoms with E-state index in [0.717, 1.165) is 5.56 Å². The number of hydrogen-bond acceptors (Lipinski definition) is 8. The number of nitrogens with two attached hydrogens (primary N) is 1. The highest BCUT2D eigenvalue weighted by atomic mass is 16.3. The van der Waals surface area contributed by atoms with Gasteiger partial charge in [0.15, 0.2) is 0 Å². The highest BCUT2D eigenvalue weighted by Crippen LogP contribution is 2.12. The molecule has 0 spiro atoms. The number of rotatable bonds is 16. The SMILES string of the molecule is C=C(CNC)NC(Cc1ccc(O)cc1)C(=O)N[C@@H](CCCN)C(=O)NCC(=O)NCC=O. The predicted octanol–water partition coefficient (Wildman–Crippen LogP) is -1.72. The van der Waals surface area contributed by atoms with E-state index in [4.69, 9.17) is 5.73 Å². The first kappa shape index (κ1) is 27.6. The van der Waals surface area contributed by atoms with Crippen molar-refractivity contribution in [2.24, 2.45) is 5.73 Å². The highest BCUT2D eigenvalue weighted by molar-refractivity contribution is 5.92. The van der Waals surface area contributed by atoms with E-state index in [1.165, 1.54) is 12.1 Å². The van der Waals surface area contributed by atoms with Gasteiger partial charge in [-0.15, -0.1) is 0 Å². The second-order valence-electron chi connectivity index (χ2n) is 7.38. The van der Waals surface area contributed by atoms with Gasteiger partial charge in [-0.2, -0.15) is 0 Å². The Morgan fingerprint density at radius 1 is 1.06 bits per heavy atom. The molecule has 11 nitrogen and oxygen atoms in total. The minimum absolute atomic E-state index is 0.114. The van der Waals surface area contributed by atoms with E-state index in [-0.39, 0.29) is 31.7 Å². The molecule has 0 radical (unpaired) electrons. The van der Waals surface area contributed by atoms with Crippen molar-refractivity contribution in [1.29, 1.82) is 0 Å². The summed E-state index contributed by atoms with van der Waals surface area (Å²) in [7, 11) is 1.75. The molecular weight excluding hydrogens is 428 g/mol. The number of phenols is 1. The van der Waals surface area contributed by atoms with Gasteiger partial charge in [0.05, 0.1) is 13.1 Å². The Labute approximate surface area is 193 Å². The van der Waals surface area contributed by atoms with Crippen LogP contribution in [0.15, 0.2) is 36.5 Å². The van der Waals surface area contributed by atoms with Crippen LogP contribution >= 0.6 is 0 Å². The van der Waals surface area contributed by atoms with E-state index in [0.29, 0.717) is 31.5 Å². The lowest BCUT2D eigenvalue weighted by Gasteiger charge is -2.24. The summed E-state index contributed by atoms with van der Waals surface area (Å²) in [5.41, 5.74) is 6.95.